The SMILES string of the molecule is Cc1ccc(Nc2ncc(C(=O)NC3CCCC(C)C3C)c3ccccc23)cc1Cl. The molecular formula is C25H28ClN3O. The smallest absolute Gasteiger partial charge is 0.253 e. The first-order chi connectivity index (χ1) is 14.4. The number of anilines is 2. The number of halogens is 1. The summed E-state index contributed by atoms with van der Waals surface area (Å²) in [7, 11) is 0. The van der Waals surface area contributed by atoms with Gasteiger partial charge < -0.3 is 10.6 Å². The number of amides is 1. The highest BCUT2D eigenvalue weighted by molar-refractivity contribution is 6.31. The van der Waals surface area contributed by atoms with Crippen LogP contribution in [0.4, 0.5) is 11.5 Å². The van der Waals surface area contributed by atoms with E-state index in [2.05, 4.69) is 29.5 Å². The van der Waals surface area contributed by atoms with Crippen molar-refractivity contribution < 1.29 is 4.79 Å². The second-order valence-electron chi connectivity index (χ2n) is 8.50. The molecule has 2 aromatic carbocycles. The zero-order valence-corrected chi connectivity index (χ0v) is 18.5. The molecular weight excluding hydrogens is 394 g/mol. The van der Waals surface area contributed by atoms with Crippen LogP contribution in [-0.2, 0) is 0 Å². The normalized spacial score (nSPS) is 21.4. The highest BCUT2D eigenvalue weighted by atomic mass is 35.5. The maximum Gasteiger partial charge on any atom is 0.253 e. The highest BCUT2D eigenvalue weighted by Gasteiger charge is 2.29. The van der Waals surface area contributed by atoms with E-state index in [1.807, 2.05) is 49.4 Å². The monoisotopic (exact) mass is 421 g/mol. The number of nitrogens with one attached hydrogen (secondary N) is 2. The molecule has 4 rings (SSSR count). The number of benzene rings is 2. The standard InChI is InChI=1S/C25H28ClN3O/c1-15-7-6-10-23(17(15)3)29-25(30)21-14-27-24(20-9-5-4-8-19(20)21)28-18-12-11-16(2)22(26)13-18/h4-5,8-9,11-15,17,23H,6-7,10H2,1-3H3,(H,27,28)(H,29,30). The largest absolute Gasteiger partial charge is 0.349 e. The minimum Gasteiger partial charge on any atom is -0.349 e. The summed E-state index contributed by atoms with van der Waals surface area (Å²) < 4.78 is 0. The van der Waals surface area contributed by atoms with Crippen molar-refractivity contribution in [2.75, 3.05) is 5.32 Å². The van der Waals surface area contributed by atoms with E-state index in [4.69, 9.17) is 11.6 Å². The van der Waals surface area contributed by atoms with Crippen LogP contribution in [0.3, 0.4) is 0 Å². The van der Waals surface area contributed by atoms with Crippen LogP contribution in [0.1, 0.15) is 49.0 Å². The van der Waals surface area contributed by atoms with Crippen LogP contribution in [0, 0.1) is 18.8 Å². The Balaban J connectivity index is 1.63. The average Bonchev–Trinajstić information content (AvgIpc) is 2.74. The molecule has 1 aliphatic carbocycles. The third-order valence-electron chi connectivity index (χ3n) is 6.50. The van der Waals surface area contributed by atoms with E-state index in [0.29, 0.717) is 28.2 Å². The van der Waals surface area contributed by atoms with E-state index in [-0.39, 0.29) is 11.9 Å². The fourth-order valence-electron chi connectivity index (χ4n) is 4.31. The zero-order valence-electron chi connectivity index (χ0n) is 17.7. The van der Waals surface area contributed by atoms with Gasteiger partial charge in [-0.1, -0.05) is 68.6 Å². The predicted molar refractivity (Wildman–Crippen MR) is 125 cm³/mol. The number of hydrogen-bond donors (Lipinski definition) is 2. The third kappa shape index (κ3) is 4.15. The van der Waals surface area contributed by atoms with Crippen molar-refractivity contribution in [3.05, 3.63) is 64.8 Å². The lowest BCUT2D eigenvalue weighted by Crippen LogP contribution is -2.43. The molecule has 3 atom stereocenters. The Morgan fingerprint density at radius 2 is 1.87 bits per heavy atom. The van der Waals surface area contributed by atoms with Gasteiger partial charge in [0.2, 0.25) is 0 Å². The molecule has 0 aliphatic heterocycles. The fraction of sp³-hybridized carbons (Fsp3) is 0.360. The van der Waals surface area contributed by atoms with Crippen LogP contribution in [0.5, 0.6) is 0 Å². The molecule has 156 valence electrons. The van der Waals surface area contributed by atoms with Crippen molar-refractivity contribution in [2.24, 2.45) is 11.8 Å². The van der Waals surface area contributed by atoms with Crippen molar-refractivity contribution >= 4 is 39.8 Å². The van der Waals surface area contributed by atoms with Crippen LogP contribution in [-0.4, -0.2) is 16.9 Å². The van der Waals surface area contributed by atoms with E-state index in [1.165, 1.54) is 6.42 Å². The number of aryl methyl sites for hydroxylation is 1. The second-order valence-corrected chi connectivity index (χ2v) is 8.91. The van der Waals surface area contributed by atoms with E-state index in [1.54, 1.807) is 6.20 Å². The molecule has 2 N–H and O–H groups in total. The highest BCUT2D eigenvalue weighted by Crippen LogP contribution is 2.31. The molecule has 0 spiro atoms. The van der Waals surface area contributed by atoms with Crippen LogP contribution >= 0.6 is 11.6 Å². The summed E-state index contributed by atoms with van der Waals surface area (Å²) in [5.74, 6) is 1.78. The molecule has 3 aromatic rings. The molecule has 1 aliphatic rings. The van der Waals surface area contributed by atoms with Crippen LogP contribution in [0.25, 0.3) is 10.8 Å². The lowest BCUT2D eigenvalue weighted by atomic mass is 9.78. The maximum absolute atomic E-state index is 13.1. The molecule has 0 radical (unpaired) electrons. The van der Waals surface area contributed by atoms with E-state index in [0.717, 1.165) is 34.9 Å². The Morgan fingerprint density at radius 1 is 1.10 bits per heavy atom. The van der Waals surface area contributed by atoms with Gasteiger partial charge in [0.15, 0.2) is 0 Å². The molecule has 30 heavy (non-hydrogen) atoms. The number of fused-ring (bicyclic) bond motifs is 1. The summed E-state index contributed by atoms with van der Waals surface area (Å²) in [6, 6.07) is 13.9. The van der Waals surface area contributed by atoms with Gasteiger partial charge in [0.25, 0.3) is 5.91 Å². The number of carbonyl (C=O) groups is 1. The topological polar surface area (TPSA) is 54.0 Å². The molecule has 4 nitrogen and oxygen atoms in total. The van der Waals surface area contributed by atoms with Crippen molar-refractivity contribution in [3.8, 4) is 0 Å². The van der Waals surface area contributed by atoms with Crippen molar-refractivity contribution in [2.45, 2.75) is 46.1 Å². The molecule has 1 amide bonds. The van der Waals surface area contributed by atoms with Gasteiger partial charge in [-0.2, -0.15) is 0 Å². The number of rotatable bonds is 4. The molecule has 1 heterocycles. The van der Waals surface area contributed by atoms with Crippen LogP contribution in [0.2, 0.25) is 5.02 Å². The first kappa shape index (κ1) is 20.7. The molecule has 1 aromatic heterocycles. The van der Waals surface area contributed by atoms with Gasteiger partial charge in [-0.15, -0.1) is 0 Å². The summed E-state index contributed by atoms with van der Waals surface area (Å²) in [6.07, 6.45) is 5.11. The van der Waals surface area contributed by atoms with Gasteiger partial charge in [-0.3, -0.25) is 4.79 Å². The van der Waals surface area contributed by atoms with Crippen molar-refractivity contribution in [1.29, 1.82) is 0 Å². The number of pyridine rings is 1. The minimum absolute atomic E-state index is 0.0467. The van der Waals surface area contributed by atoms with E-state index in [9.17, 15) is 4.79 Å². The zero-order chi connectivity index (χ0) is 21.3. The summed E-state index contributed by atoms with van der Waals surface area (Å²) in [4.78, 5) is 17.7. The van der Waals surface area contributed by atoms with Crippen molar-refractivity contribution in [3.63, 3.8) is 0 Å². The van der Waals surface area contributed by atoms with E-state index < -0.39 is 0 Å². The first-order valence-electron chi connectivity index (χ1n) is 10.7. The van der Waals surface area contributed by atoms with Crippen molar-refractivity contribution in [1.82, 2.24) is 10.3 Å². The maximum atomic E-state index is 13.1. The predicted octanol–water partition coefficient (Wildman–Crippen LogP) is 6.49. The number of aromatic nitrogens is 1. The average molecular weight is 422 g/mol. The molecule has 1 fully saturated rings. The van der Waals surface area contributed by atoms with Gasteiger partial charge in [-0.25, -0.2) is 4.98 Å². The lowest BCUT2D eigenvalue weighted by molar-refractivity contribution is 0.0892. The van der Waals surface area contributed by atoms with Crippen LogP contribution in [0.15, 0.2) is 48.7 Å². The summed E-state index contributed by atoms with van der Waals surface area (Å²) in [5, 5.41) is 9.13. The lowest BCUT2D eigenvalue weighted by Gasteiger charge is -2.34. The Labute approximate surface area is 183 Å². The van der Waals surface area contributed by atoms with Gasteiger partial charge in [-0.05, 0) is 48.3 Å². The molecule has 0 saturated heterocycles. The van der Waals surface area contributed by atoms with Gasteiger partial charge in [0.05, 0.1) is 5.56 Å². The summed E-state index contributed by atoms with van der Waals surface area (Å²) in [5.41, 5.74) is 2.51. The molecule has 3 unspecified atom stereocenters. The van der Waals surface area contributed by atoms with Gasteiger partial charge in [0, 0.05) is 28.3 Å². The minimum atomic E-state index is -0.0467. The first-order valence-corrected chi connectivity index (χ1v) is 11.0. The Morgan fingerprint density at radius 3 is 2.63 bits per heavy atom. The molecule has 0 bridgehead atoms. The quantitative estimate of drug-likeness (QED) is 0.505. The van der Waals surface area contributed by atoms with Gasteiger partial charge >= 0.3 is 0 Å². The third-order valence-corrected chi connectivity index (χ3v) is 6.90. The number of nitrogens with zero attached hydrogens (tertiary/aromatic N) is 1. The summed E-state index contributed by atoms with van der Waals surface area (Å²) in [6.45, 7) is 6.49. The number of hydrogen-bond acceptors (Lipinski definition) is 3. The Hall–Kier alpha value is -2.59. The van der Waals surface area contributed by atoms with E-state index >= 15 is 0 Å². The summed E-state index contributed by atoms with van der Waals surface area (Å²) >= 11 is 6.27. The van der Waals surface area contributed by atoms with Gasteiger partial charge in [0.1, 0.15) is 5.82 Å². The fourth-order valence-corrected chi connectivity index (χ4v) is 4.49. The molecule has 5 heteroatoms. The van der Waals surface area contributed by atoms with Crippen LogP contribution < -0.4 is 10.6 Å². The second kappa shape index (κ2) is 8.65. The Bertz CT molecular complexity index is 1080. The Kier molecular flexibility index (Phi) is 5.96. The molecule has 1 saturated carbocycles. The number of carbonyl (C=O) groups excluding carboxylic acids is 1.